The zero-order chi connectivity index (χ0) is 14.3. The number of nitrogens with zero attached hydrogens (tertiary/aromatic N) is 4. The minimum absolute atomic E-state index is 0.490. The van der Waals surface area contributed by atoms with Crippen LogP contribution in [0, 0.1) is 27.7 Å². The molecule has 1 aliphatic heterocycles. The molecule has 0 radical (unpaired) electrons. The van der Waals surface area contributed by atoms with Crippen molar-refractivity contribution in [2.24, 2.45) is 0 Å². The van der Waals surface area contributed by atoms with Gasteiger partial charge in [0.1, 0.15) is 5.76 Å². The maximum atomic E-state index is 5.25. The molecule has 2 aromatic rings. The molecule has 0 amide bonds. The molecule has 1 atom stereocenters. The predicted octanol–water partition coefficient (Wildman–Crippen LogP) is 2.55. The average Bonchev–Trinajstić information content (AvgIpc) is 3.06. The number of hydrogen-bond acceptors (Lipinski definition) is 4. The number of likely N-dealkylation sites (tertiary alicyclic amines) is 1. The molecule has 0 aliphatic carbocycles. The van der Waals surface area contributed by atoms with Crippen molar-refractivity contribution in [3.63, 3.8) is 0 Å². The lowest BCUT2D eigenvalue weighted by molar-refractivity contribution is 0.307. The third-order valence-electron chi connectivity index (χ3n) is 4.20. The third kappa shape index (κ3) is 2.38. The van der Waals surface area contributed by atoms with E-state index in [1.807, 2.05) is 13.8 Å². The lowest BCUT2D eigenvalue weighted by atomic mass is 10.2. The van der Waals surface area contributed by atoms with E-state index in [1.54, 1.807) is 0 Å². The van der Waals surface area contributed by atoms with Gasteiger partial charge in [0.25, 0.3) is 0 Å². The lowest BCUT2D eigenvalue weighted by Gasteiger charge is -2.16. The van der Waals surface area contributed by atoms with Crippen molar-refractivity contribution < 1.29 is 4.52 Å². The number of aromatic nitrogens is 3. The Kier molecular flexibility index (Phi) is 3.38. The van der Waals surface area contributed by atoms with Crippen molar-refractivity contribution in [3.8, 4) is 0 Å². The molecule has 5 heteroatoms. The molecule has 0 unspecified atom stereocenters. The van der Waals surface area contributed by atoms with Gasteiger partial charge in [-0.05, 0) is 40.2 Å². The molecular formula is C15H22N4O. The van der Waals surface area contributed by atoms with E-state index in [0.29, 0.717) is 6.04 Å². The van der Waals surface area contributed by atoms with Crippen LogP contribution < -0.4 is 0 Å². The van der Waals surface area contributed by atoms with Crippen LogP contribution in [0.3, 0.4) is 0 Å². The molecule has 2 aromatic heterocycles. The van der Waals surface area contributed by atoms with Crippen LogP contribution in [0.1, 0.15) is 40.9 Å². The van der Waals surface area contributed by atoms with Crippen LogP contribution in [0.25, 0.3) is 0 Å². The molecule has 1 aliphatic rings. The van der Waals surface area contributed by atoms with E-state index in [1.165, 1.54) is 11.3 Å². The Balaban J connectivity index is 1.70. The van der Waals surface area contributed by atoms with E-state index in [0.717, 1.165) is 43.2 Å². The summed E-state index contributed by atoms with van der Waals surface area (Å²) in [4.78, 5) is 2.47. The number of rotatable bonds is 3. The Hall–Kier alpha value is -1.62. The van der Waals surface area contributed by atoms with Gasteiger partial charge in [-0.3, -0.25) is 9.58 Å². The normalized spacial score (nSPS) is 19.9. The van der Waals surface area contributed by atoms with Crippen molar-refractivity contribution in [3.05, 3.63) is 34.5 Å². The third-order valence-corrected chi connectivity index (χ3v) is 4.20. The molecule has 0 N–H and O–H groups in total. The molecule has 3 heterocycles. The van der Waals surface area contributed by atoms with E-state index in [-0.39, 0.29) is 0 Å². The zero-order valence-corrected chi connectivity index (χ0v) is 12.7. The minimum atomic E-state index is 0.490. The van der Waals surface area contributed by atoms with Gasteiger partial charge in [-0.1, -0.05) is 5.16 Å². The van der Waals surface area contributed by atoms with Gasteiger partial charge in [-0.15, -0.1) is 0 Å². The molecule has 0 bridgehead atoms. The molecule has 1 fully saturated rings. The van der Waals surface area contributed by atoms with Crippen LogP contribution in [-0.2, 0) is 6.54 Å². The van der Waals surface area contributed by atoms with E-state index >= 15 is 0 Å². The van der Waals surface area contributed by atoms with Gasteiger partial charge in [0.05, 0.1) is 17.4 Å². The molecular weight excluding hydrogens is 252 g/mol. The maximum Gasteiger partial charge on any atom is 0.138 e. The molecule has 0 aromatic carbocycles. The van der Waals surface area contributed by atoms with Crippen LogP contribution in [0.4, 0.5) is 0 Å². The first-order valence-corrected chi connectivity index (χ1v) is 7.21. The second-order valence-corrected chi connectivity index (χ2v) is 5.85. The van der Waals surface area contributed by atoms with Crippen LogP contribution in [0.5, 0.6) is 0 Å². The van der Waals surface area contributed by atoms with Gasteiger partial charge in [0.2, 0.25) is 0 Å². The highest BCUT2D eigenvalue weighted by Crippen LogP contribution is 2.25. The van der Waals surface area contributed by atoms with Crippen LogP contribution in [0.2, 0.25) is 0 Å². The average molecular weight is 274 g/mol. The molecule has 108 valence electrons. The van der Waals surface area contributed by atoms with Crippen molar-refractivity contribution >= 4 is 0 Å². The molecule has 0 saturated carbocycles. The quantitative estimate of drug-likeness (QED) is 0.863. The standard InChI is InChI=1S/C15H22N4O/c1-10-7-11(2)19(16-10)14-5-6-18(8-14)9-15-12(3)17-20-13(15)4/h7,14H,5-6,8-9H2,1-4H3/t14-/m1/s1. The van der Waals surface area contributed by atoms with Gasteiger partial charge in [0, 0.05) is 30.9 Å². The smallest absolute Gasteiger partial charge is 0.138 e. The summed E-state index contributed by atoms with van der Waals surface area (Å²) >= 11 is 0. The van der Waals surface area contributed by atoms with E-state index < -0.39 is 0 Å². The summed E-state index contributed by atoms with van der Waals surface area (Å²) in [6, 6.07) is 2.64. The predicted molar refractivity (Wildman–Crippen MR) is 76.6 cm³/mol. The number of aryl methyl sites for hydroxylation is 4. The Bertz CT molecular complexity index is 594. The second-order valence-electron chi connectivity index (χ2n) is 5.85. The topological polar surface area (TPSA) is 47.1 Å². The first-order chi connectivity index (χ1) is 9.54. The van der Waals surface area contributed by atoms with E-state index in [4.69, 9.17) is 4.52 Å². The van der Waals surface area contributed by atoms with Gasteiger partial charge >= 0.3 is 0 Å². The highest BCUT2D eigenvalue weighted by Gasteiger charge is 2.26. The largest absolute Gasteiger partial charge is 0.361 e. The summed E-state index contributed by atoms with van der Waals surface area (Å²) < 4.78 is 7.43. The Morgan fingerprint density at radius 3 is 2.70 bits per heavy atom. The van der Waals surface area contributed by atoms with Crippen LogP contribution in [0.15, 0.2) is 10.6 Å². The summed E-state index contributed by atoms with van der Waals surface area (Å²) in [5.41, 5.74) is 4.61. The summed E-state index contributed by atoms with van der Waals surface area (Å²) in [5.74, 6) is 0.942. The maximum absolute atomic E-state index is 5.25. The summed E-state index contributed by atoms with van der Waals surface area (Å²) in [5, 5.41) is 8.65. The van der Waals surface area contributed by atoms with Crippen molar-refractivity contribution in [2.45, 2.75) is 46.7 Å². The van der Waals surface area contributed by atoms with E-state index in [2.05, 4.69) is 39.8 Å². The Morgan fingerprint density at radius 2 is 2.10 bits per heavy atom. The molecule has 3 rings (SSSR count). The van der Waals surface area contributed by atoms with Gasteiger partial charge < -0.3 is 4.52 Å². The first kappa shape index (κ1) is 13.4. The van der Waals surface area contributed by atoms with Crippen LogP contribution in [-0.4, -0.2) is 32.9 Å². The first-order valence-electron chi connectivity index (χ1n) is 7.21. The van der Waals surface area contributed by atoms with Crippen molar-refractivity contribution in [1.29, 1.82) is 0 Å². The minimum Gasteiger partial charge on any atom is -0.361 e. The number of hydrogen-bond donors (Lipinski definition) is 0. The summed E-state index contributed by atoms with van der Waals surface area (Å²) in [6.45, 7) is 11.3. The SMILES string of the molecule is Cc1cc(C)n([C@@H]2CCN(Cc3c(C)noc3C)C2)n1. The van der Waals surface area contributed by atoms with Gasteiger partial charge in [-0.25, -0.2) is 0 Å². The summed E-state index contributed by atoms with van der Waals surface area (Å²) in [6.07, 6.45) is 1.16. The molecule has 1 saturated heterocycles. The Morgan fingerprint density at radius 1 is 1.30 bits per heavy atom. The highest BCUT2D eigenvalue weighted by atomic mass is 16.5. The van der Waals surface area contributed by atoms with Gasteiger partial charge in [0.15, 0.2) is 0 Å². The fraction of sp³-hybridized carbons (Fsp3) is 0.600. The molecule has 5 nitrogen and oxygen atoms in total. The lowest BCUT2D eigenvalue weighted by Crippen LogP contribution is -2.22. The highest BCUT2D eigenvalue weighted by molar-refractivity contribution is 5.20. The molecule has 20 heavy (non-hydrogen) atoms. The van der Waals surface area contributed by atoms with Crippen molar-refractivity contribution in [1.82, 2.24) is 19.8 Å². The second kappa shape index (κ2) is 5.05. The van der Waals surface area contributed by atoms with Gasteiger partial charge in [-0.2, -0.15) is 5.10 Å². The fourth-order valence-corrected chi connectivity index (χ4v) is 3.12. The van der Waals surface area contributed by atoms with Crippen molar-refractivity contribution in [2.75, 3.05) is 13.1 Å². The van der Waals surface area contributed by atoms with E-state index in [9.17, 15) is 0 Å². The summed E-state index contributed by atoms with van der Waals surface area (Å²) in [7, 11) is 0. The van der Waals surface area contributed by atoms with Crippen LogP contribution >= 0.6 is 0 Å². The molecule has 0 spiro atoms. The monoisotopic (exact) mass is 274 g/mol. The zero-order valence-electron chi connectivity index (χ0n) is 12.7. The Labute approximate surface area is 119 Å². The fourth-order valence-electron chi connectivity index (χ4n) is 3.12.